The van der Waals surface area contributed by atoms with Gasteiger partial charge >= 0.3 is 5.97 Å². The molecular formula is C15H13Cl2NO4S2. The molecule has 1 aliphatic carbocycles. The lowest BCUT2D eigenvalue weighted by Gasteiger charge is -2.11. The molecule has 1 aromatic heterocycles. The van der Waals surface area contributed by atoms with E-state index in [2.05, 4.69) is 4.72 Å². The van der Waals surface area contributed by atoms with Crippen LogP contribution in [-0.2, 0) is 22.9 Å². The first-order valence-corrected chi connectivity index (χ1v) is 10.2. The highest BCUT2D eigenvalue weighted by Gasteiger charge is 2.28. The van der Waals surface area contributed by atoms with Crippen molar-refractivity contribution in [2.45, 2.75) is 30.6 Å². The molecule has 2 N–H and O–H groups in total. The summed E-state index contributed by atoms with van der Waals surface area (Å²) in [5.74, 6) is -1.13. The predicted octanol–water partition coefficient (Wildman–Crippen LogP) is 4.43. The topological polar surface area (TPSA) is 83.5 Å². The Labute approximate surface area is 153 Å². The van der Waals surface area contributed by atoms with Gasteiger partial charge in [0.15, 0.2) is 0 Å². The Morgan fingerprint density at radius 3 is 2.38 bits per heavy atom. The summed E-state index contributed by atoms with van der Waals surface area (Å²) < 4.78 is 27.5. The molecule has 2 aromatic rings. The molecule has 0 unspecified atom stereocenters. The van der Waals surface area contributed by atoms with Crippen LogP contribution in [-0.4, -0.2) is 19.5 Å². The third kappa shape index (κ3) is 3.39. The van der Waals surface area contributed by atoms with Crippen LogP contribution in [0.25, 0.3) is 0 Å². The molecule has 0 atom stereocenters. The van der Waals surface area contributed by atoms with Gasteiger partial charge in [-0.1, -0.05) is 23.2 Å². The number of rotatable bonds is 4. The van der Waals surface area contributed by atoms with E-state index in [4.69, 9.17) is 23.2 Å². The average Bonchev–Trinajstić information content (AvgIpc) is 2.83. The minimum atomic E-state index is -3.99. The maximum absolute atomic E-state index is 12.6. The fourth-order valence-corrected chi connectivity index (χ4v) is 6.04. The molecule has 1 aliphatic rings. The molecule has 0 saturated heterocycles. The second kappa shape index (κ2) is 6.55. The minimum Gasteiger partial charge on any atom is -0.478 e. The van der Waals surface area contributed by atoms with Gasteiger partial charge in [0.1, 0.15) is 5.00 Å². The number of hydrogen-bond acceptors (Lipinski definition) is 4. The highest BCUT2D eigenvalue weighted by atomic mass is 35.5. The normalized spacial score (nSPS) is 14.2. The standard InChI is InChI=1S/C15H13Cl2NO4S2/c16-8-5-9(17)7-10(6-8)24(21,22)18-14-13(15(19)20)11-3-1-2-4-12(11)23-14/h5-7,18H,1-4H2,(H,19,20). The molecular weight excluding hydrogens is 393 g/mol. The molecule has 128 valence electrons. The van der Waals surface area contributed by atoms with Gasteiger partial charge in [-0.05, 0) is 49.4 Å². The molecule has 5 nitrogen and oxygen atoms in total. The Morgan fingerprint density at radius 1 is 1.12 bits per heavy atom. The number of aryl methyl sites for hydroxylation is 1. The highest BCUT2D eigenvalue weighted by molar-refractivity contribution is 7.93. The number of nitrogens with one attached hydrogen (secondary N) is 1. The van der Waals surface area contributed by atoms with Crippen LogP contribution in [0.15, 0.2) is 23.1 Å². The number of carbonyl (C=O) groups is 1. The molecule has 0 bridgehead atoms. The molecule has 24 heavy (non-hydrogen) atoms. The van der Waals surface area contributed by atoms with Crippen molar-refractivity contribution < 1.29 is 18.3 Å². The van der Waals surface area contributed by atoms with Crippen molar-refractivity contribution in [3.63, 3.8) is 0 Å². The molecule has 0 spiro atoms. The average molecular weight is 406 g/mol. The molecule has 1 heterocycles. The first kappa shape index (κ1) is 17.5. The number of sulfonamides is 1. The third-order valence-corrected chi connectivity index (χ3v) is 6.86. The zero-order chi connectivity index (χ0) is 17.5. The van der Waals surface area contributed by atoms with E-state index >= 15 is 0 Å². The predicted molar refractivity (Wildman–Crippen MR) is 95.2 cm³/mol. The van der Waals surface area contributed by atoms with E-state index in [0.717, 1.165) is 29.7 Å². The quantitative estimate of drug-likeness (QED) is 0.787. The molecule has 0 fully saturated rings. The number of fused-ring (bicyclic) bond motifs is 1. The van der Waals surface area contributed by atoms with Crippen LogP contribution in [0.2, 0.25) is 10.0 Å². The first-order chi connectivity index (χ1) is 11.3. The lowest BCUT2D eigenvalue weighted by molar-refractivity contribution is 0.0697. The number of hydrogen-bond donors (Lipinski definition) is 2. The van der Waals surface area contributed by atoms with Gasteiger partial charge in [0.25, 0.3) is 10.0 Å². The largest absolute Gasteiger partial charge is 0.478 e. The molecule has 1 aromatic carbocycles. The number of carboxylic acid groups (broad SMARTS) is 1. The molecule has 0 radical (unpaired) electrons. The zero-order valence-corrected chi connectivity index (χ0v) is 15.4. The van der Waals surface area contributed by atoms with Gasteiger partial charge in [-0.3, -0.25) is 4.72 Å². The number of carboxylic acids is 1. The van der Waals surface area contributed by atoms with Gasteiger partial charge in [0.05, 0.1) is 10.5 Å². The SMILES string of the molecule is O=C(O)c1c(NS(=O)(=O)c2cc(Cl)cc(Cl)c2)sc2c1CCCC2. The smallest absolute Gasteiger partial charge is 0.339 e. The van der Waals surface area contributed by atoms with Crippen LogP contribution < -0.4 is 4.72 Å². The Kier molecular flexibility index (Phi) is 4.79. The Balaban J connectivity index is 2.04. The van der Waals surface area contributed by atoms with E-state index in [1.807, 2.05) is 0 Å². The van der Waals surface area contributed by atoms with Crippen molar-refractivity contribution in [1.82, 2.24) is 0 Å². The third-order valence-electron chi connectivity index (χ3n) is 3.76. The van der Waals surface area contributed by atoms with Crippen LogP contribution in [0.5, 0.6) is 0 Å². The van der Waals surface area contributed by atoms with E-state index in [1.165, 1.54) is 29.5 Å². The number of benzene rings is 1. The fourth-order valence-electron chi connectivity index (χ4n) is 2.73. The van der Waals surface area contributed by atoms with Crippen molar-refractivity contribution in [2.24, 2.45) is 0 Å². The van der Waals surface area contributed by atoms with Gasteiger partial charge in [0, 0.05) is 14.9 Å². The zero-order valence-electron chi connectivity index (χ0n) is 12.3. The fraction of sp³-hybridized carbons (Fsp3) is 0.267. The Bertz CT molecular complexity index is 902. The van der Waals surface area contributed by atoms with Crippen molar-refractivity contribution in [1.29, 1.82) is 0 Å². The van der Waals surface area contributed by atoms with E-state index in [0.29, 0.717) is 6.42 Å². The molecule has 9 heteroatoms. The van der Waals surface area contributed by atoms with Gasteiger partial charge in [-0.25, -0.2) is 13.2 Å². The molecule has 3 rings (SSSR count). The van der Waals surface area contributed by atoms with E-state index in [9.17, 15) is 18.3 Å². The van der Waals surface area contributed by atoms with E-state index < -0.39 is 16.0 Å². The summed E-state index contributed by atoms with van der Waals surface area (Å²) >= 11 is 12.9. The highest BCUT2D eigenvalue weighted by Crippen LogP contribution is 2.39. The number of thiophene rings is 1. The first-order valence-electron chi connectivity index (χ1n) is 7.14. The second-order valence-electron chi connectivity index (χ2n) is 5.43. The monoisotopic (exact) mass is 405 g/mol. The number of aromatic carboxylic acids is 1. The maximum Gasteiger partial charge on any atom is 0.339 e. The van der Waals surface area contributed by atoms with E-state index in [-0.39, 0.29) is 25.5 Å². The van der Waals surface area contributed by atoms with Gasteiger partial charge in [-0.2, -0.15) is 0 Å². The van der Waals surface area contributed by atoms with Crippen LogP contribution >= 0.6 is 34.5 Å². The molecule has 0 aliphatic heterocycles. The van der Waals surface area contributed by atoms with Crippen LogP contribution in [0.4, 0.5) is 5.00 Å². The molecule has 0 amide bonds. The van der Waals surface area contributed by atoms with Crippen molar-refractivity contribution in [3.05, 3.63) is 44.2 Å². The Hall–Kier alpha value is -1.28. The summed E-state index contributed by atoms with van der Waals surface area (Å²) in [6.45, 7) is 0. The summed E-state index contributed by atoms with van der Waals surface area (Å²) in [4.78, 5) is 12.4. The Morgan fingerprint density at radius 2 is 1.75 bits per heavy atom. The summed E-state index contributed by atoms with van der Waals surface area (Å²) in [5.41, 5.74) is 0.784. The minimum absolute atomic E-state index is 0.0476. The van der Waals surface area contributed by atoms with Gasteiger partial charge in [-0.15, -0.1) is 11.3 Å². The lowest BCUT2D eigenvalue weighted by Crippen LogP contribution is -2.15. The number of halogens is 2. The van der Waals surface area contributed by atoms with Crippen molar-refractivity contribution in [2.75, 3.05) is 4.72 Å². The summed E-state index contributed by atoms with van der Waals surface area (Å²) in [5, 5.41) is 10.00. The van der Waals surface area contributed by atoms with Crippen molar-refractivity contribution >= 4 is 55.5 Å². The lowest BCUT2D eigenvalue weighted by atomic mass is 9.96. The van der Waals surface area contributed by atoms with Gasteiger partial charge < -0.3 is 5.11 Å². The molecule has 0 saturated carbocycles. The summed E-state index contributed by atoms with van der Waals surface area (Å²) in [6, 6.07) is 3.96. The van der Waals surface area contributed by atoms with Crippen LogP contribution in [0.1, 0.15) is 33.6 Å². The maximum atomic E-state index is 12.6. The van der Waals surface area contributed by atoms with Crippen LogP contribution in [0.3, 0.4) is 0 Å². The second-order valence-corrected chi connectivity index (χ2v) is 9.09. The van der Waals surface area contributed by atoms with Crippen molar-refractivity contribution in [3.8, 4) is 0 Å². The van der Waals surface area contributed by atoms with Gasteiger partial charge in [0.2, 0.25) is 0 Å². The van der Waals surface area contributed by atoms with Crippen LogP contribution in [0, 0.1) is 0 Å². The van der Waals surface area contributed by atoms with E-state index in [1.54, 1.807) is 0 Å². The number of anilines is 1. The summed E-state index contributed by atoms with van der Waals surface area (Å²) in [6.07, 6.45) is 3.30. The summed E-state index contributed by atoms with van der Waals surface area (Å²) in [7, 11) is -3.99.